The molecule has 0 radical (unpaired) electrons. The van der Waals surface area contributed by atoms with Crippen LogP contribution in [0.3, 0.4) is 0 Å². The molecular formula is C26H36N9Na3O16P2. The largest absolute Gasteiger partial charge is 1.00 e. The minimum atomic E-state index is -5.61. The number of nitrogens with zero attached hydrogens (tertiary/aromatic N) is 5. The van der Waals surface area contributed by atoms with E-state index in [1.165, 1.54) is 23.9 Å². The fourth-order valence-corrected chi connectivity index (χ4v) is 7.59. The van der Waals surface area contributed by atoms with E-state index in [9.17, 15) is 48.6 Å². The number of hydrogen-bond donors (Lipinski definition) is 6. The topological polar surface area (TPSA) is 379 Å². The first kappa shape index (κ1) is 51.5. The minimum Gasteiger partial charge on any atom is -0.790 e. The van der Waals surface area contributed by atoms with Crippen molar-refractivity contribution in [2.24, 2.45) is 0 Å². The molecule has 2 saturated heterocycles. The molecule has 2 aliphatic heterocycles. The van der Waals surface area contributed by atoms with Gasteiger partial charge in [0.1, 0.15) is 42.4 Å². The number of nitrogen functional groups attached to an aromatic ring is 2. The fraction of sp³-hybridized carbons (Fsp3) is 0.615. The summed E-state index contributed by atoms with van der Waals surface area (Å²) in [5, 5.41) is 34.8. The molecule has 0 saturated carbocycles. The van der Waals surface area contributed by atoms with E-state index >= 15 is 0 Å². The first-order chi connectivity index (χ1) is 25.0. The number of methoxy groups -OCH3 is 1. The number of rotatable bonds is 18. The minimum absolute atomic E-state index is 0. The second-order valence-electron chi connectivity index (χ2n) is 11.8. The molecule has 5 heterocycles. The summed E-state index contributed by atoms with van der Waals surface area (Å²) < 4.78 is 61.3. The van der Waals surface area contributed by atoms with Crippen molar-refractivity contribution in [3.8, 4) is 0 Å². The zero-order chi connectivity index (χ0) is 38.7. The van der Waals surface area contributed by atoms with Crippen molar-refractivity contribution in [2.75, 3.05) is 38.3 Å². The number of aromatic nitrogens is 6. The summed E-state index contributed by atoms with van der Waals surface area (Å²) in [5.41, 5.74) is 9.37. The maximum Gasteiger partial charge on any atom is 1.00 e. The summed E-state index contributed by atoms with van der Waals surface area (Å²) in [6.07, 6.45) is -9.21. The summed E-state index contributed by atoms with van der Waals surface area (Å²) in [6.45, 7) is -1.83. The van der Waals surface area contributed by atoms with Crippen LogP contribution in [0.1, 0.15) is 38.1 Å². The monoisotopic (exact) mass is 861 g/mol. The summed E-state index contributed by atoms with van der Waals surface area (Å²) in [5.74, 6) is -1.65. The van der Waals surface area contributed by atoms with Gasteiger partial charge in [0.15, 0.2) is 23.6 Å². The third-order valence-corrected chi connectivity index (χ3v) is 10.3. The van der Waals surface area contributed by atoms with Crippen molar-refractivity contribution in [3.63, 3.8) is 0 Å². The van der Waals surface area contributed by atoms with Crippen LogP contribution in [0.2, 0.25) is 0 Å². The second-order valence-corrected chi connectivity index (χ2v) is 14.8. The fourth-order valence-electron chi connectivity index (χ4n) is 5.69. The van der Waals surface area contributed by atoms with Gasteiger partial charge in [-0.25, -0.2) is 19.4 Å². The number of carbonyl (C=O) groups is 1. The zero-order valence-corrected chi connectivity index (χ0v) is 38.5. The summed E-state index contributed by atoms with van der Waals surface area (Å²) in [6, 6.07) is 1.25. The zero-order valence-electron chi connectivity index (χ0n) is 30.7. The Bertz CT molecular complexity index is 1990. The van der Waals surface area contributed by atoms with Gasteiger partial charge in [0.2, 0.25) is 5.95 Å². The molecule has 3 aromatic heterocycles. The van der Waals surface area contributed by atoms with Crippen LogP contribution in [0, 0.1) is 0 Å². The van der Waals surface area contributed by atoms with Crippen molar-refractivity contribution < 1.29 is 155 Å². The average molecular weight is 862 g/mol. The molecular weight excluding hydrogens is 825 g/mol. The number of carbonyl (C=O) groups excluding carboxylic acids is 1. The molecule has 25 nitrogen and oxygen atoms in total. The maximum atomic E-state index is 14.4. The van der Waals surface area contributed by atoms with E-state index in [1.807, 2.05) is 0 Å². The van der Waals surface area contributed by atoms with Crippen molar-refractivity contribution in [1.29, 1.82) is 0 Å². The van der Waals surface area contributed by atoms with E-state index in [2.05, 4.69) is 29.5 Å². The van der Waals surface area contributed by atoms with Crippen LogP contribution in [0.5, 0.6) is 0 Å². The third-order valence-electron chi connectivity index (χ3n) is 8.17. The number of imidazole rings is 1. The Morgan fingerprint density at radius 2 is 1.66 bits per heavy atom. The van der Waals surface area contributed by atoms with Crippen LogP contribution in [-0.4, -0.2) is 109 Å². The predicted octanol–water partition coefficient (Wildman–Crippen LogP) is -13.7. The molecule has 8 N–H and O–H groups in total. The molecule has 3 aromatic rings. The smallest absolute Gasteiger partial charge is 0.790 e. The van der Waals surface area contributed by atoms with Crippen LogP contribution >= 0.6 is 15.6 Å². The quantitative estimate of drug-likeness (QED) is 0.0393. The van der Waals surface area contributed by atoms with Gasteiger partial charge in [-0.2, -0.15) is 9.97 Å². The number of aliphatic carboxylic acids is 1. The summed E-state index contributed by atoms with van der Waals surface area (Å²) in [7, 11) is -9.08. The molecule has 2 fully saturated rings. The molecule has 2 aliphatic rings. The van der Waals surface area contributed by atoms with Crippen LogP contribution in [0.4, 0.5) is 11.8 Å². The van der Waals surface area contributed by atoms with Gasteiger partial charge in [0, 0.05) is 25.8 Å². The van der Waals surface area contributed by atoms with E-state index in [0.717, 1.165) is 10.9 Å². The molecule has 0 aromatic carbocycles. The van der Waals surface area contributed by atoms with Crippen molar-refractivity contribution in [1.82, 2.24) is 34.2 Å². The molecule has 5 rings (SSSR count). The van der Waals surface area contributed by atoms with Gasteiger partial charge in [0.25, 0.3) is 5.56 Å². The number of ether oxygens (including phenoxy) is 3. The number of phosphoric ester groups is 1. The number of nitrogens with two attached hydrogens (primary N) is 2. The third kappa shape index (κ3) is 12.9. The van der Waals surface area contributed by atoms with Gasteiger partial charge in [-0.15, -0.1) is 0 Å². The normalized spacial score (nSPS) is 25.9. The number of hydrogen-bond acceptors (Lipinski definition) is 21. The van der Waals surface area contributed by atoms with Gasteiger partial charge in [-0.1, -0.05) is 6.42 Å². The molecule has 0 spiro atoms. The van der Waals surface area contributed by atoms with Gasteiger partial charge >= 0.3 is 102 Å². The van der Waals surface area contributed by atoms with Crippen molar-refractivity contribution in [3.05, 3.63) is 39.4 Å². The Hall–Kier alpha value is -0.680. The number of aromatic amines is 1. The number of nitrogens with one attached hydrogen (secondary N) is 2. The Kier molecular flexibility index (Phi) is 20.4. The number of carboxylic acids is 1. The van der Waals surface area contributed by atoms with Crippen LogP contribution in [0.15, 0.2) is 28.2 Å². The number of phosphoric acid groups is 1. The first-order valence-corrected chi connectivity index (χ1v) is 18.8. The molecule has 56 heavy (non-hydrogen) atoms. The first-order valence-electron chi connectivity index (χ1n) is 15.8. The summed E-state index contributed by atoms with van der Waals surface area (Å²) >= 11 is 0. The second kappa shape index (κ2) is 22.2. The Balaban J connectivity index is 0.00000361. The van der Waals surface area contributed by atoms with E-state index in [0.29, 0.717) is 6.42 Å². The van der Waals surface area contributed by atoms with Crippen LogP contribution < -0.4 is 131 Å². The van der Waals surface area contributed by atoms with Gasteiger partial charge in [0.05, 0.1) is 27.4 Å². The Labute approximate surface area is 383 Å². The van der Waals surface area contributed by atoms with Crippen LogP contribution in [-0.2, 0) is 41.7 Å². The molecule has 0 amide bonds. The molecule has 294 valence electrons. The van der Waals surface area contributed by atoms with Crippen LogP contribution in [0.25, 0.3) is 11.2 Å². The number of aliphatic hydroxyl groups excluding tert-OH is 2. The molecule has 0 aliphatic carbocycles. The summed E-state index contributed by atoms with van der Waals surface area (Å²) in [4.78, 5) is 72.5. The van der Waals surface area contributed by atoms with E-state index in [-0.39, 0.29) is 137 Å². The van der Waals surface area contributed by atoms with Crippen molar-refractivity contribution in [2.45, 2.75) is 74.8 Å². The number of aliphatic hydroxyl groups is 2. The standard InChI is InChI=1S/C26H39N9O16P2.3Na/c1-46-20-19(13(10-48-53(43,44)45)50-24(20)35-11-29-16-21(35)32-25(28)33-22(16)40)51-52(42,30-7-4-2-3-5-15(36)37)47-9-12-17(38)18(39)23(49-12)34-8-6-14(27)31-26(34)41;;;/h6,8,11-13,17-20,23-24,38-39H,2-5,7,9-10H2,1H3,(H,30,42)(H,36,37)(H2,27,31,41)(H2,43,44,45)(H3,28,32,33,40);;;/q;3*+1/p-3/t12-,13-,17-,18-,19-,20-,23-,24-,52+;;;/m1.../s1. The number of carboxylic acid groups (broad SMARTS) is 1. The van der Waals surface area contributed by atoms with Gasteiger partial charge in [-0.3, -0.25) is 28.0 Å². The molecule has 0 bridgehead atoms. The SMILES string of the molecule is CO[C@@H]1[C@H](O[P@](=O)(NCCCCCC(=O)[O-])OC[C@H]2O[C@@H](n3ccc(N)nc3=O)[C@H](O)[C@@H]2O)[C@@H](COP(=O)([O-])[O-])O[C@H]1n1cnc2c(=O)[nH]c(N)nc21.[Na+].[Na+].[Na+]. The number of fused-ring (bicyclic) bond motifs is 1. The maximum absolute atomic E-state index is 14.4. The number of H-pyrrole nitrogens is 1. The molecule has 30 heteroatoms. The van der Waals surface area contributed by atoms with Gasteiger partial charge in [-0.05, 0) is 25.3 Å². The van der Waals surface area contributed by atoms with E-state index < -0.39 is 95.1 Å². The van der Waals surface area contributed by atoms with Crippen molar-refractivity contribution >= 4 is 44.5 Å². The molecule has 9 atom stereocenters. The Morgan fingerprint density at radius 1 is 0.982 bits per heavy atom. The van der Waals surface area contributed by atoms with Gasteiger partial charge < -0.3 is 64.7 Å². The van der Waals surface area contributed by atoms with E-state index in [4.69, 9.17) is 34.7 Å². The number of unbranched alkanes of at least 4 members (excludes halogenated alkanes) is 2. The number of anilines is 2. The predicted molar refractivity (Wildman–Crippen MR) is 170 cm³/mol. The average Bonchev–Trinajstić information content (AvgIpc) is 3.73. The molecule has 0 unspecified atom stereocenters. The van der Waals surface area contributed by atoms with E-state index in [1.54, 1.807) is 0 Å². The Morgan fingerprint density at radius 3 is 2.30 bits per heavy atom.